The van der Waals surface area contributed by atoms with Crippen LogP contribution in [0.4, 0.5) is 0 Å². The van der Waals surface area contributed by atoms with Gasteiger partial charge in [0, 0.05) is 16.3 Å². The number of ether oxygens (including phenoxy) is 1. The van der Waals surface area contributed by atoms with Crippen LogP contribution in [-0.4, -0.2) is 34.5 Å². The Bertz CT molecular complexity index is 840. The molecule has 2 aromatic carbocycles. The van der Waals surface area contributed by atoms with E-state index in [1.807, 2.05) is 18.2 Å². The number of fused-ring (bicyclic) bond motifs is 2. The van der Waals surface area contributed by atoms with Gasteiger partial charge in [0.2, 0.25) is 0 Å². The lowest BCUT2D eigenvalue weighted by atomic mass is 10.1. The average Bonchev–Trinajstić information content (AvgIpc) is 2.53. The highest BCUT2D eigenvalue weighted by Crippen LogP contribution is 2.24. The predicted octanol–water partition coefficient (Wildman–Crippen LogP) is 1.41. The van der Waals surface area contributed by atoms with Crippen LogP contribution >= 0.6 is 0 Å². The molecule has 5 heteroatoms. The minimum absolute atomic E-state index is 0.0372. The van der Waals surface area contributed by atoms with E-state index in [-0.39, 0.29) is 18.6 Å². The number of aliphatic hydroxyl groups excluding tert-OH is 2. The van der Waals surface area contributed by atoms with Gasteiger partial charge in [0.15, 0.2) is 5.43 Å². The number of nitrogens with one attached hydrogen (secondary N) is 1. The summed E-state index contributed by atoms with van der Waals surface area (Å²) in [6.45, 7) is -0.408. The summed E-state index contributed by atoms with van der Waals surface area (Å²) in [5.41, 5.74) is 1.26. The quantitative estimate of drug-likeness (QED) is 0.633. The summed E-state index contributed by atoms with van der Waals surface area (Å²) < 4.78 is 5.50. The Kier molecular flexibility index (Phi) is 3.60. The Hall–Kier alpha value is -2.37. The molecule has 0 saturated heterocycles. The third-order valence-corrected chi connectivity index (χ3v) is 3.34. The van der Waals surface area contributed by atoms with E-state index in [1.54, 1.807) is 24.3 Å². The molecule has 0 radical (unpaired) electrons. The molecule has 0 saturated carbocycles. The van der Waals surface area contributed by atoms with E-state index >= 15 is 0 Å². The number of H-pyrrole nitrogens is 1. The normalized spacial score (nSPS) is 12.7. The third-order valence-electron chi connectivity index (χ3n) is 3.34. The van der Waals surface area contributed by atoms with Crippen molar-refractivity contribution in [2.24, 2.45) is 0 Å². The van der Waals surface area contributed by atoms with Crippen LogP contribution in [0, 0.1) is 0 Å². The van der Waals surface area contributed by atoms with Gasteiger partial charge in [-0.15, -0.1) is 0 Å². The number of aliphatic hydroxyl groups is 2. The first-order valence-electron chi connectivity index (χ1n) is 6.66. The number of aromatic nitrogens is 1. The van der Waals surface area contributed by atoms with Gasteiger partial charge < -0.3 is 19.9 Å². The monoisotopic (exact) mass is 285 g/mol. The standard InChI is InChI=1S/C16H15NO4/c18-8-10(19)9-21-14-7-3-5-12-15(14)17-13-6-2-1-4-11(13)16(12)20/h1-7,10,18-19H,8-9H2,(H,17,20)/t10-/m0/s1. The second-order valence-corrected chi connectivity index (χ2v) is 4.83. The van der Waals surface area contributed by atoms with Crippen LogP contribution in [0.25, 0.3) is 21.8 Å². The first-order valence-corrected chi connectivity index (χ1v) is 6.66. The third kappa shape index (κ3) is 2.49. The van der Waals surface area contributed by atoms with Gasteiger partial charge in [0.05, 0.1) is 12.1 Å². The molecule has 0 aliphatic heterocycles. The van der Waals surface area contributed by atoms with E-state index in [9.17, 15) is 9.90 Å². The van der Waals surface area contributed by atoms with Crippen LogP contribution in [0.5, 0.6) is 5.75 Å². The minimum Gasteiger partial charge on any atom is -0.489 e. The van der Waals surface area contributed by atoms with Crippen LogP contribution in [0.15, 0.2) is 47.3 Å². The molecule has 1 aromatic heterocycles. The number of pyridine rings is 1. The van der Waals surface area contributed by atoms with Crippen molar-refractivity contribution < 1.29 is 14.9 Å². The lowest BCUT2D eigenvalue weighted by Gasteiger charge is -2.12. The molecule has 3 rings (SSSR count). The summed E-state index contributed by atoms with van der Waals surface area (Å²) in [4.78, 5) is 15.7. The molecular formula is C16H15NO4. The Morgan fingerprint density at radius 3 is 2.67 bits per heavy atom. The summed E-state index contributed by atoms with van der Waals surface area (Å²) >= 11 is 0. The van der Waals surface area contributed by atoms with Crippen molar-refractivity contribution in [2.75, 3.05) is 13.2 Å². The molecule has 0 bridgehead atoms. The number of hydrogen-bond acceptors (Lipinski definition) is 4. The molecule has 1 heterocycles. The Balaban J connectivity index is 2.16. The molecule has 21 heavy (non-hydrogen) atoms. The highest BCUT2D eigenvalue weighted by atomic mass is 16.5. The van der Waals surface area contributed by atoms with Gasteiger partial charge in [-0.1, -0.05) is 18.2 Å². The molecule has 0 aliphatic carbocycles. The van der Waals surface area contributed by atoms with Crippen LogP contribution in [0.1, 0.15) is 0 Å². The maximum atomic E-state index is 12.5. The van der Waals surface area contributed by atoms with E-state index in [0.717, 1.165) is 5.52 Å². The zero-order chi connectivity index (χ0) is 14.8. The van der Waals surface area contributed by atoms with Gasteiger partial charge in [0.1, 0.15) is 18.5 Å². The maximum absolute atomic E-state index is 12.5. The molecule has 0 amide bonds. The summed E-state index contributed by atoms with van der Waals surface area (Å²) in [6.07, 6.45) is -0.951. The first-order chi connectivity index (χ1) is 10.2. The summed E-state index contributed by atoms with van der Waals surface area (Å²) in [7, 11) is 0. The van der Waals surface area contributed by atoms with Gasteiger partial charge in [-0.2, -0.15) is 0 Å². The van der Waals surface area contributed by atoms with Crippen molar-refractivity contribution >= 4 is 21.8 Å². The first kappa shape index (κ1) is 13.6. The second-order valence-electron chi connectivity index (χ2n) is 4.83. The van der Waals surface area contributed by atoms with Crippen molar-refractivity contribution in [3.63, 3.8) is 0 Å². The van der Waals surface area contributed by atoms with Crippen molar-refractivity contribution in [2.45, 2.75) is 6.10 Å². The minimum atomic E-state index is -0.951. The molecule has 0 aliphatic rings. The van der Waals surface area contributed by atoms with Crippen molar-refractivity contribution in [1.29, 1.82) is 0 Å². The zero-order valence-corrected chi connectivity index (χ0v) is 11.2. The van der Waals surface area contributed by atoms with E-state index < -0.39 is 6.10 Å². The molecule has 108 valence electrons. The van der Waals surface area contributed by atoms with Gasteiger partial charge in [-0.05, 0) is 24.3 Å². The molecule has 0 unspecified atom stereocenters. The van der Waals surface area contributed by atoms with Crippen LogP contribution in [0.2, 0.25) is 0 Å². The predicted molar refractivity (Wildman–Crippen MR) is 80.7 cm³/mol. The molecule has 3 N–H and O–H groups in total. The van der Waals surface area contributed by atoms with Crippen molar-refractivity contribution in [3.8, 4) is 5.75 Å². The highest BCUT2D eigenvalue weighted by Gasteiger charge is 2.10. The van der Waals surface area contributed by atoms with Crippen LogP contribution in [-0.2, 0) is 0 Å². The second kappa shape index (κ2) is 5.55. The largest absolute Gasteiger partial charge is 0.489 e. The smallest absolute Gasteiger partial charge is 0.197 e. The number of rotatable bonds is 4. The molecule has 0 fully saturated rings. The Morgan fingerprint density at radius 1 is 1.10 bits per heavy atom. The van der Waals surface area contributed by atoms with E-state index in [0.29, 0.717) is 22.0 Å². The van der Waals surface area contributed by atoms with Crippen LogP contribution < -0.4 is 10.2 Å². The fraction of sp³-hybridized carbons (Fsp3) is 0.188. The molecule has 5 nitrogen and oxygen atoms in total. The van der Waals surface area contributed by atoms with Gasteiger partial charge in [-0.25, -0.2) is 0 Å². The fourth-order valence-electron chi connectivity index (χ4n) is 2.28. The summed E-state index contributed by atoms with van der Waals surface area (Å²) in [5, 5.41) is 19.3. The van der Waals surface area contributed by atoms with Gasteiger partial charge in [0.25, 0.3) is 0 Å². The summed E-state index contributed by atoms with van der Waals surface area (Å²) in [6, 6.07) is 12.5. The van der Waals surface area contributed by atoms with Crippen LogP contribution in [0.3, 0.4) is 0 Å². The number of benzene rings is 2. The lowest BCUT2D eigenvalue weighted by molar-refractivity contribution is 0.0540. The number of hydrogen-bond donors (Lipinski definition) is 3. The number of para-hydroxylation sites is 2. The van der Waals surface area contributed by atoms with Crippen molar-refractivity contribution in [1.82, 2.24) is 4.98 Å². The highest BCUT2D eigenvalue weighted by molar-refractivity contribution is 5.95. The van der Waals surface area contributed by atoms with E-state index in [1.165, 1.54) is 0 Å². The van der Waals surface area contributed by atoms with Crippen molar-refractivity contribution in [3.05, 3.63) is 52.7 Å². The number of aromatic amines is 1. The Labute approximate surface area is 120 Å². The Morgan fingerprint density at radius 2 is 1.86 bits per heavy atom. The molecule has 1 atom stereocenters. The van der Waals surface area contributed by atoms with E-state index in [2.05, 4.69) is 4.98 Å². The van der Waals surface area contributed by atoms with Gasteiger partial charge in [-0.3, -0.25) is 4.79 Å². The molecule has 0 spiro atoms. The molecular weight excluding hydrogens is 270 g/mol. The van der Waals surface area contributed by atoms with Gasteiger partial charge >= 0.3 is 0 Å². The maximum Gasteiger partial charge on any atom is 0.197 e. The van der Waals surface area contributed by atoms with E-state index in [4.69, 9.17) is 9.84 Å². The zero-order valence-electron chi connectivity index (χ0n) is 11.2. The molecule has 3 aromatic rings. The topological polar surface area (TPSA) is 82.6 Å². The summed E-state index contributed by atoms with van der Waals surface area (Å²) in [5.74, 6) is 0.475. The lowest BCUT2D eigenvalue weighted by Crippen LogP contribution is -2.21. The SMILES string of the molecule is O=c1c2ccccc2[nH]c2c(OC[C@@H](O)CO)cccc12. The fourth-order valence-corrected chi connectivity index (χ4v) is 2.28. The average molecular weight is 285 g/mol.